The van der Waals surface area contributed by atoms with Gasteiger partial charge in [-0.25, -0.2) is 4.98 Å². The monoisotopic (exact) mass is 432 g/mol. The van der Waals surface area contributed by atoms with Crippen LogP contribution in [0.2, 0.25) is 5.02 Å². The number of ether oxygens (including phenoxy) is 1. The lowest BCUT2D eigenvalue weighted by Gasteiger charge is -2.18. The van der Waals surface area contributed by atoms with Gasteiger partial charge in [0.2, 0.25) is 0 Å². The summed E-state index contributed by atoms with van der Waals surface area (Å²) < 4.78 is 9.42. The Hall–Kier alpha value is -1.62. The first-order valence-electron chi connectivity index (χ1n) is 8.75. The van der Waals surface area contributed by atoms with Crippen molar-refractivity contribution in [3.8, 4) is 0 Å². The van der Waals surface area contributed by atoms with Gasteiger partial charge < -0.3 is 9.30 Å². The molecule has 3 rings (SSSR count). The highest BCUT2D eigenvalue weighted by Gasteiger charge is 2.11. The second kappa shape index (κ2) is 9.91. The summed E-state index contributed by atoms with van der Waals surface area (Å²) in [5.41, 5.74) is 2.47. The maximum Gasteiger partial charge on any atom is 0.0945 e. The van der Waals surface area contributed by atoms with E-state index in [0.717, 1.165) is 35.3 Å². The van der Waals surface area contributed by atoms with Gasteiger partial charge in [-0.15, -0.1) is 0 Å². The average molecular weight is 434 g/mol. The van der Waals surface area contributed by atoms with Crippen molar-refractivity contribution in [2.24, 2.45) is 0 Å². The molecule has 1 unspecified atom stereocenters. The predicted molar refractivity (Wildman–Crippen MR) is 109 cm³/mol. The molecule has 1 heterocycles. The van der Waals surface area contributed by atoms with E-state index >= 15 is 0 Å². The fraction of sp³-hybridized carbons (Fsp3) is 0.286. The van der Waals surface area contributed by atoms with Crippen molar-refractivity contribution in [2.75, 3.05) is 0 Å². The Kier molecular flexibility index (Phi) is 7.30. The number of imidazole rings is 1. The number of rotatable bonds is 9. The van der Waals surface area contributed by atoms with Gasteiger partial charge in [0.15, 0.2) is 0 Å². The number of halogens is 2. The zero-order valence-electron chi connectivity index (χ0n) is 14.5. The molecule has 3 aromatic rings. The number of hydrogen-bond donors (Lipinski definition) is 0. The third-order valence-corrected chi connectivity index (χ3v) is 5.12. The molecule has 0 bridgehead atoms. The maximum absolute atomic E-state index is 6.24. The van der Waals surface area contributed by atoms with Crippen LogP contribution >= 0.6 is 27.5 Å². The van der Waals surface area contributed by atoms with Gasteiger partial charge in [0, 0.05) is 28.4 Å². The number of hydrogen-bond acceptors (Lipinski definition) is 2. The molecule has 0 saturated heterocycles. The molecular weight excluding hydrogens is 412 g/mol. The topological polar surface area (TPSA) is 27.1 Å². The van der Waals surface area contributed by atoms with E-state index in [9.17, 15) is 0 Å². The lowest BCUT2D eigenvalue weighted by atomic mass is 10.0. The molecule has 3 nitrogen and oxygen atoms in total. The average Bonchev–Trinajstić information content (AvgIpc) is 3.17. The predicted octanol–water partition coefficient (Wildman–Crippen LogP) is 5.91. The molecule has 0 spiro atoms. The van der Waals surface area contributed by atoms with Crippen LogP contribution in [0.5, 0.6) is 0 Å². The van der Waals surface area contributed by atoms with Crippen LogP contribution < -0.4 is 0 Å². The first kappa shape index (κ1) is 19.2. The van der Waals surface area contributed by atoms with Crippen LogP contribution in [0.3, 0.4) is 0 Å². The van der Waals surface area contributed by atoms with Gasteiger partial charge in [0.05, 0.1) is 19.0 Å². The van der Waals surface area contributed by atoms with Crippen LogP contribution in [-0.4, -0.2) is 15.7 Å². The Morgan fingerprint density at radius 2 is 1.73 bits per heavy atom. The summed E-state index contributed by atoms with van der Waals surface area (Å²) in [6.07, 6.45) is 8.76. The largest absolute Gasteiger partial charge is 0.373 e. The molecule has 0 aliphatic rings. The summed E-state index contributed by atoms with van der Waals surface area (Å²) in [6.45, 7) is 1.54. The Bertz CT molecular complexity index is 723. The van der Waals surface area contributed by atoms with Crippen molar-refractivity contribution in [3.05, 3.63) is 87.9 Å². The SMILES string of the molecule is Clc1ccc(CCC(CCn2ccnc2)OCc2ccc(Br)cc2)cc1. The smallest absolute Gasteiger partial charge is 0.0945 e. The van der Waals surface area contributed by atoms with Gasteiger partial charge in [-0.2, -0.15) is 0 Å². The van der Waals surface area contributed by atoms with E-state index in [4.69, 9.17) is 16.3 Å². The van der Waals surface area contributed by atoms with Gasteiger partial charge in [-0.3, -0.25) is 0 Å². The standard InChI is InChI=1S/C21H22BrClN2O/c22-19-6-1-18(2-7-19)15-26-21(11-13-25-14-12-24-16-25)10-5-17-3-8-20(23)9-4-17/h1-4,6-9,12,14,16,21H,5,10-11,13,15H2. The fourth-order valence-corrected chi connectivity index (χ4v) is 3.19. The summed E-state index contributed by atoms with van der Waals surface area (Å²) in [5.74, 6) is 0. The van der Waals surface area contributed by atoms with E-state index in [2.05, 4.69) is 49.7 Å². The minimum Gasteiger partial charge on any atom is -0.373 e. The molecule has 136 valence electrons. The summed E-state index contributed by atoms with van der Waals surface area (Å²) in [7, 11) is 0. The second-order valence-electron chi connectivity index (χ2n) is 6.31. The summed E-state index contributed by atoms with van der Waals surface area (Å²) in [5, 5.41) is 0.775. The molecule has 0 N–H and O–H groups in total. The van der Waals surface area contributed by atoms with E-state index in [1.165, 1.54) is 11.1 Å². The zero-order chi connectivity index (χ0) is 18.2. The fourth-order valence-electron chi connectivity index (χ4n) is 2.80. The van der Waals surface area contributed by atoms with Gasteiger partial charge in [-0.1, -0.05) is 51.8 Å². The highest BCUT2D eigenvalue weighted by molar-refractivity contribution is 9.10. The molecule has 0 radical (unpaired) electrons. The molecule has 0 saturated carbocycles. The second-order valence-corrected chi connectivity index (χ2v) is 7.67. The molecule has 0 aliphatic heterocycles. The third kappa shape index (κ3) is 6.27. The molecule has 0 aliphatic carbocycles. The van der Waals surface area contributed by atoms with E-state index in [-0.39, 0.29) is 6.10 Å². The summed E-state index contributed by atoms with van der Waals surface area (Å²) in [6, 6.07) is 16.3. The summed E-state index contributed by atoms with van der Waals surface area (Å²) >= 11 is 9.44. The third-order valence-electron chi connectivity index (χ3n) is 4.34. The van der Waals surface area contributed by atoms with Gasteiger partial charge in [-0.05, 0) is 54.7 Å². The van der Waals surface area contributed by atoms with Crippen molar-refractivity contribution in [1.29, 1.82) is 0 Å². The molecule has 1 aromatic heterocycles. The number of aromatic nitrogens is 2. The molecule has 1 atom stereocenters. The minimum absolute atomic E-state index is 0.191. The van der Waals surface area contributed by atoms with Crippen molar-refractivity contribution >= 4 is 27.5 Å². The molecular formula is C21H22BrClN2O. The molecule has 2 aromatic carbocycles. The molecule has 26 heavy (non-hydrogen) atoms. The first-order chi connectivity index (χ1) is 12.7. The highest BCUT2D eigenvalue weighted by atomic mass is 79.9. The van der Waals surface area contributed by atoms with Crippen LogP contribution in [0.15, 0.2) is 71.7 Å². The van der Waals surface area contributed by atoms with E-state index in [1.54, 1.807) is 0 Å². The van der Waals surface area contributed by atoms with Crippen molar-refractivity contribution in [1.82, 2.24) is 9.55 Å². The van der Waals surface area contributed by atoms with Crippen LogP contribution in [0.25, 0.3) is 0 Å². The zero-order valence-corrected chi connectivity index (χ0v) is 16.9. The normalized spacial score (nSPS) is 12.2. The number of aryl methyl sites for hydroxylation is 2. The van der Waals surface area contributed by atoms with Gasteiger partial charge in [0.1, 0.15) is 0 Å². The Balaban J connectivity index is 1.56. The van der Waals surface area contributed by atoms with Crippen LogP contribution in [0.4, 0.5) is 0 Å². The number of nitrogens with zero attached hydrogens (tertiary/aromatic N) is 2. The van der Waals surface area contributed by atoms with E-state index in [1.807, 2.05) is 43.0 Å². The molecule has 5 heteroatoms. The van der Waals surface area contributed by atoms with Crippen molar-refractivity contribution in [2.45, 2.75) is 38.5 Å². The first-order valence-corrected chi connectivity index (χ1v) is 9.92. The summed E-state index contributed by atoms with van der Waals surface area (Å²) in [4.78, 5) is 4.11. The van der Waals surface area contributed by atoms with Gasteiger partial charge in [0.25, 0.3) is 0 Å². The highest BCUT2D eigenvalue weighted by Crippen LogP contribution is 2.17. The van der Waals surface area contributed by atoms with Crippen molar-refractivity contribution in [3.63, 3.8) is 0 Å². The Morgan fingerprint density at radius 1 is 1.00 bits per heavy atom. The molecule has 0 fully saturated rings. The quantitative estimate of drug-likeness (QED) is 0.419. The lowest BCUT2D eigenvalue weighted by Crippen LogP contribution is -2.17. The maximum atomic E-state index is 6.24. The Labute approximate surface area is 168 Å². The van der Waals surface area contributed by atoms with Gasteiger partial charge >= 0.3 is 0 Å². The van der Waals surface area contributed by atoms with Crippen LogP contribution in [-0.2, 0) is 24.3 Å². The van der Waals surface area contributed by atoms with E-state index < -0.39 is 0 Å². The van der Waals surface area contributed by atoms with Crippen LogP contribution in [0.1, 0.15) is 24.0 Å². The minimum atomic E-state index is 0.191. The van der Waals surface area contributed by atoms with E-state index in [0.29, 0.717) is 6.61 Å². The molecule has 0 amide bonds. The van der Waals surface area contributed by atoms with Crippen molar-refractivity contribution < 1.29 is 4.74 Å². The lowest BCUT2D eigenvalue weighted by molar-refractivity contribution is 0.0269. The Morgan fingerprint density at radius 3 is 2.42 bits per heavy atom. The number of benzene rings is 2. The van der Waals surface area contributed by atoms with Crippen LogP contribution in [0, 0.1) is 0 Å².